The summed E-state index contributed by atoms with van der Waals surface area (Å²) in [5.74, 6) is 2.92. The van der Waals surface area contributed by atoms with Crippen molar-refractivity contribution in [3.63, 3.8) is 0 Å². The van der Waals surface area contributed by atoms with Gasteiger partial charge < -0.3 is 14.8 Å². The number of thioether (sulfide) groups is 1. The number of hydrogen-bond acceptors (Lipinski definition) is 6. The van der Waals surface area contributed by atoms with Crippen LogP contribution in [-0.4, -0.2) is 39.1 Å². The molecular weight excluding hydrogens is 400 g/mol. The maximum absolute atomic E-state index is 12.3. The number of carbonyl (C=O) groups excluding carboxylic acids is 1. The van der Waals surface area contributed by atoms with Gasteiger partial charge in [-0.15, -0.1) is 16.8 Å². The molecule has 0 spiro atoms. The van der Waals surface area contributed by atoms with E-state index in [0.29, 0.717) is 42.9 Å². The van der Waals surface area contributed by atoms with Crippen molar-refractivity contribution in [3.8, 4) is 11.5 Å². The minimum atomic E-state index is -0.337. The number of nitrogens with zero attached hydrogens (tertiary/aromatic N) is 3. The predicted octanol–water partition coefficient (Wildman–Crippen LogP) is 3.91. The SMILES string of the molecule is C=CCn1c(SCCC(=O)NC2CCCCC2)nnc1C1COc2ccccc2O1. The Hall–Kier alpha value is -2.48. The fourth-order valence-corrected chi connectivity index (χ4v) is 4.77. The van der Waals surface area contributed by atoms with E-state index >= 15 is 0 Å². The first kappa shape index (κ1) is 20.8. The summed E-state index contributed by atoms with van der Waals surface area (Å²) < 4.78 is 13.9. The molecule has 1 unspecified atom stereocenters. The summed E-state index contributed by atoms with van der Waals surface area (Å²) in [6.07, 6.45) is 7.85. The van der Waals surface area contributed by atoms with Crippen LogP contribution < -0.4 is 14.8 Å². The van der Waals surface area contributed by atoms with E-state index in [4.69, 9.17) is 9.47 Å². The smallest absolute Gasteiger partial charge is 0.221 e. The Balaban J connectivity index is 1.35. The Morgan fingerprint density at radius 3 is 2.83 bits per heavy atom. The van der Waals surface area contributed by atoms with Crippen molar-refractivity contribution in [2.45, 2.75) is 62.4 Å². The van der Waals surface area contributed by atoms with Crippen molar-refractivity contribution in [1.82, 2.24) is 20.1 Å². The number of aromatic nitrogens is 3. The molecule has 1 fully saturated rings. The Morgan fingerprint density at radius 2 is 2.03 bits per heavy atom. The van der Waals surface area contributed by atoms with Crippen molar-refractivity contribution < 1.29 is 14.3 Å². The largest absolute Gasteiger partial charge is 0.485 e. The number of allylic oxidation sites excluding steroid dienone is 1. The number of nitrogens with one attached hydrogen (secondary N) is 1. The Bertz CT molecular complexity index is 879. The van der Waals surface area contributed by atoms with Gasteiger partial charge in [0.15, 0.2) is 28.6 Å². The van der Waals surface area contributed by atoms with Crippen LogP contribution in [0.1, 0.15) is 50.5 Å². The lowest BCUT2D eigenvalue weighted by Crippen LogP contribution is -2.36. The molecular formula is C22H28N4O3S. The molecule has 30 heavy (non-hydrogen) atoms. The second kappa shape index (κ2) is 10.0. The van der Waals surface area contributed by atoms with Crippen LogP contribution in [0.25, 0.3) is 0 Å². The molecule has 0 bridgehead atoms. The molecule has 0 saturated heterocycles. The molecule has 1 amide bonds. The maximum Gasteiger partial charge on any atom is 0.221 e. The lowest BCUT2D eigenvalue weighted by atomic mass is 9.95. The van der Waals surface area contributed by atoms with Crippen LogP contribution in [0.15, 0.2) is 42.1 Å². The molecule has 1 aromatic heterocycles. The number of amides is 1. The molecule has 7 nitrogen and oxygen atoms in total. The number of hydrogen-bond donors (Lipinski definition) is 1. The van der Waals surface area contributed by atoms with Gasteiger partial charge in [-0.2, -0.15) is 0 Å². The number of carbonyl (C=O) groups is 1. The standard InChI is InChI=1S/C22H28N4O3S/c1-2-13-26-21(19-15-28-17-10-6-7-11-18(17)29-19)24-25-22(26)30-14-12-20(27)23-16-8-4-3-5-9-16/h2,6-7,10-11,16,19H,1,3-5,8-9,12-15H2,(H,23,27). The van der Waals surface area contributed by atoms with E-state index in [2.05, 4.69) is 22.1 Å². The number of rotatable bonds is 8. The fraction of sp³-hybridized carbons (Fsp3) is 0.500. The van der Waals surface area contributed by atoms with E-state index in [1.807, 2.05) is 34.9 Å². The van der Waals surface area contributed by atoms with E-state index in [-0.39, 0.29) is 12.0 Å². The van der Waals surface area contributed by atoms with Gasteiger partial charge in [-0.05, 0) is 25.0 Å². The highest BCUT2D eigenvalue weighted by Gasteiger charge is 2.28. The summed E-state index contributed by atoms with van der Waals surface area (Å²) >= 11 is 1.53. The highest BCUT2D eigenvalue weighted by Crippen LogP contribution is 2.36. The molecule has 4 rings (SSSR count). The molecule has 160 valence electrons. The van der Waals surface area contributed by atoms with Gasteiger partial charge in [-0.25, -0.2) is 0 Å². The van der Waals surface area contributed by atoms with Crippen LogP contribution in [0.3, 0.4) is 0 Å². The molecule has 1 aliphatic heterocycles. The minimum Gasteiger partial charge on any atom is -0.485 e. The summed E-state index contributed by atoms with van der Waals surface area (Å²) in [7, 11) is 0. The van der Waals surface area contributed by atoms with Crippen molar-refractivity contribution in [2.75, 3.05) is 12.4 Å². The molecule has 1 saturated carbocycles. The van der Waals surface area contributed by atoms with Gasteiger partial charge in [-0.3, -0.25) is 9.36 Å². The van der Waals surface area contributed by atoms with E-state index in [0.717, 1.165) is 23.7 Å². The van der Waals surface area contributed by atoms with E-state index < -0.39 is 0 Å². The molecule has 2 aliphatic rings. The molecule has 1 N–H and O–H groups in total. The molecule has 2 aromatic rings. The third kappa shape index (κ3) is 4.98. The molecule has 2 heterocycles. The summed E-state index contributed by atoms with van der Waals surface area (Å²) in [5.41, 5.74) is 0. The predicted molar refractivity (Wildman–Crippen MR) is 116 cm³/mol. The van der Waals surface area contributed by atoms with Gasteiger partial charge in [0.25, 0.3) is 0 Å². The Morgan fingerprint density at radius 1 is 1.23 bits per heavy atom. The van der Waals surface area contributed by atoms with E-state index in [9.17, 15) is 4.79 Å². The molecule has 8 heteroatoms. The van der Waals surface area contributed by atoms with Crippen LogP contribution in [0.5, 0.6) is 11.5 Å². The second-order valence-corrected chi connectivity index (χ2v) is 8.67. The third-order valence-corrected chi connectivity index (χ3v) is 6.35. The molecule has 1 atom stereocenters. The van der Waals surface area contributed by atoms with Crippen molar-refractivity contribution in [3.05, 3.63) is 42.7 Å². The lowest BCUT2D eigenvalue weighted by Gasteiger charge is -2.26. The van der Waals surface area contributed by atoms with Gasteiger partial charge in [0.2, 0.25) is 5.91 Å². The first-order chi connectivity index (χ1) is 14.7. The molecule has 1 aromatic carbocycles. The number of fused-ring (bicyclic) bond motifs is 1. The van der Waals surface area contributed by atoms with Crippen LogP contribution in [0.4, 0.5) is 0 Å². The summed E-state index contributed by atoms with van der Waals surface area (Å²) in [6.45, 7) is 4.80. The molecule has 0 radical (unpaired) electrons. The number of ether oxygens (including phenoxy) is 2. The molecule has 1 aliphatic carbocycles. The highest BCUT2D eigenvalue weighted by atomic mass is 32.2. The third-order valence-electron chi connectivity index (χ3n) is 5.38. The average Bonchev–Trinajstić information content (AvgIpc) is 3.17. The van der Waals surface area contributed by atoms with Crippen molar-refractivity contribution in [1.29, 1.82) is 0 Å². The number of benzene rings is 1. The van der Waals surface area contributed by atoms with Crippen LogP contribution in [0.2, 0.25) is 0 Å². The van der Waals surface area contributed by atoms with Crippen LogP contribution >= 0.6 is 11.8 Å². The van der Waals surface area contributed by atoms with Gasteiger partial charge in [0.05, 0.1) is 0 Å². The van der Waals surface area contributed by atoms with E-state index in [1.165, 1.54) is 31.0 Å². The lowest BCUT2D eigenvalue weighted by molar-refractivity contribution is -0.121. The van der Waals surface area contributed by atoms with Crippen molar-refractivity contribution in [2.24, 2.45) is 0 Å². The highest BCUT2D eigenvalue weighted by molar-refractivity contribution is 7.99. The quantitative estimate of drug-likeness (QED) is 0.507. The average molecular weight is 429 g/mol. The maximum atomic E-state index is 12.3. The van der Waals surface area contributed by atoms with Crippen LogP contribution in [-0.2, 0) is 11.3 Å². The van der Waals surface area contributed by atoms with Crippen molar-refractivity contribution >= 4 is 17.7 Å². The van der Waals surface area contributed by atoms with Gasteiger partial charge >= 0.3 is 0 Å². The summed E-state index contributed by atoms with van der Waals surface area (Å²) in [4.78, 5) is 12.3. The number of para-hydroxylation sites is 2. The summed E-state index contributed by atoms with van der Waals surface area (Å²) in [5, 5.41) is 12.6. The Kier molecular flexibility index (Phi) is 6.94. The van der Waals surface area contributed by atoms with Gasteiger partial charge in [0.1, 0.15) is 6.61 Å². The van der Waals surface area contributed by atoms with Gasteiger partial charge in [0, 0.05) is 24.8 Å². The fourth-order valence-electron chi connectivity index (χ4n) is 3.87. The Labute approximate surface area is 181 Å². The van der Waals surface area contributed by atoms with Gasteiger partial charge in [-0.1, -0.05) is 49.2 Å². The first-order valence-corrected chi connectivity index (χ1v) is 11.6. The topological polar surface area (TPSA) is 78.3 Å². The zero-order valence-electron chi connectivity index (χ0n) is 17.1. The minimum absolute atomic E-state index is 0.116. The zero-order chi connectivity index (χ0) is 20.8. The zero-order valence-corrected chi connectivity index (χ0v) is 17.9. The first-order valence-electron chi connectivity index (χ1n) is 10.6. The summed E-state index contributed by atoms with van der Waals surface area (Å²) in [6, 6.07) is 7.95. The normalized spacial score (nSPS) is 18.7. The monoisotopic (exact) mass is 428 g/mol. The second-order valence-electron chi connectivity index (χ2n) is 7.61. The van der Waals surface area contributed by atoms with Crippen LogP contribution in [0, 0.1) is 0 Å². The van der Waals surface area contributed by atoms with E-state index in [1.54, 1.807) is 0 Å².